The Hall–Kier alpha value is -1.38. The summed E-state index contributed by atoms with van der Waals surface area (Å²) in [6.45, 7) is 6.08. The van der Waals surface area contributed by atoms with Crippen LogP contribution in [-0.4, -0.2) is 10.9 Å². The molecule has 0 fully saturated rings. The molecule has 1 rings (SSSR count). The lowest BCUT2D eigenvalue weighted by molar-refractivity contribution is 0.0998. The first-order chi connectivity index (χ1) is 7.13. The molecule has 0 bridgehead atoms. The van der Waals surface area contributed by atoms with Gasteiger partial charge < -0.3 is 5.73 Å². The van der Waals surface area contributed by atoms with E-state index in [0.29, 0.717) is 5.56 Å². The topological polar surface area (TPSA) is 56.0 Å². The van der Waals surface area contributed by atoms with Crippen LogP contribution in [0.4, 0.5) is 0 Å². The molecule has 1 aromatic rings. The largest absolute Gasteiger partial charge is 0.366 e. The molecule has 0 spiro atoms. The minimum absolute atomic E-state index is 0.362. The highest BCUT2D eigenvalue weighted by atomic mass is 16.1. The van der Waals surface area contributed by atoms with Crippen molar-refractivity contribution in [3.63, 3.8) is 0 Å². The normalized spacial score (nSPS) is 10.3. The first-order valence-corrected chi connectivity index (χ1v) is 5.45. The predicted octanol–water partition coefficient (Wildman–Crippen LogP) is 1.87. The van der Waals surface area contributed by atoms with Gasteiger partial charge in [0.1, 0.15) is 0 Å². The second-order valence-corrected chi connectivity index (χ2v) is 3.52. The van der Waals surface area contributed by atoms with Crippen molar-refractivity contribution >= 4 is 5.91 Å². The first-order valence-electron chi connectivity index (χ1n) is 5.45. The number of hydrogen-bond acceptors (Lipinski definition) is 2. The van der Waals surface area contributed by atoms with Crippen LogP contribution in [0.3, 0.4) is 0 Å². The van der Waals surface area contributed by atoms with E-state index < -0.39 is 0 Å². The average molecular weight is 206 g/mol. The van der Waals surface area contributed by atoms with E-state index in [0.717, 1.165) is 36.2 Å². The molecule has 0 saturated carbocycles. The van der Waals surface area contributed by atoms with Crippen LogP contribution in [0, 0.1) is 0 Å². The van der Waals surface area contributed by atoms with E-state index in [1.54, 1.807) is 0 Å². The van der Waals surface area contributed by atoms with Gasteiger partial charge in [-0.2, -0.15) is 0 Å². The van der Waals surface area contributed by atoms with Gasteiger partial charge in [0.2, 0.25) is 0 Å². The van der Waals surface area contributed by atoms with Crippen molar-refractivity contribution in [3.8, 4) is 0 Å². The molecule has 0 unspecified atom stereocenters. The molecule has 3 nitrogen and oxygen atoms in total. The lowest BCUT2D eigenvalue weighted by atomic mass is 10.0. The zero-order valence-corrected chi connectivity index (χ0v) is 9.63. The highest BCUT2D eigenvalue weighted by molar-refractivity contribution is 5.95. The van der Waals surface area contributed by atoms with Gasteiger partial charge in [-0.05, 0) is 30.9 Å². The van der Waals surface area contributed by atoms with E-state index in [1.165, 1.54) is 0 Å². The standard InChI is InChI=1S/C12H18N2O/c1-4-8-7-9(5-2)14-10(6-3)11(8)12(13)15/h7H,4-6H2,1-3H3,(H2,13,15). The van der Waals surface area contributed by atoms with Crippen LogP contribution < -0.4 is 5.73 Å². The average Bonchev–Trinajstić information content (AvgIpc) is 2.26. The first kappa shape index (κ1) is 11.7. The van der Waals surface area contributed by atoms with E-state index in [2.05, 4.69) is 11.9 Å². The van der Waals surface area contributed by atoms with Gasteiger partial charge >= 0.3 is 0 Å². The molecular formula is C12H18N2O. The van der Waals surface area contributed by atoms with Crippen molar-refractivity contribution < 1.29 is 4.79 Å². The fourth-order valence-electron chi connectivity index (χ4n) is 1.74. The molecular weight excluding hydrogens is 188 g/mol. The predicted molar refractivity (Wildman–Crippen MR) is 60.9 cm³/mol. The van der Waals surface area contributed by atoms with Gasteiger partial charge in [-0.25, -0.2) is 0 Å². The molecule has 0 aromatic carbocycles. The number of primary amides is 1. The Morgan fingerprint density at radius 3 is 2.33 bits per heavy atom. The third kappa shape index (κ3) is 2.35. The highest BCUT2D eigenvalue weighted by Crippen LogP contribution is 2.16. The molecule has 0 aliphatic rings. The van der Waals surface area contributed by atoms with Crippen LogP contribution in [0.1, 0.15) is 48.1 Å². The molecule has 0 aliphatic heterocycles. The van der Waals surface area contributed by atoms with Crippen LogP contribution in [0.15, 0.2) is 6.07 Å². The fourth-order valence-corrected chi connectivity index (χ4v) is 1.74. The van der Waals surface area contributed by atoms with Crippen LogP contribution in [0.5, 0.6) is 0 Å². The van der Waals surface area contributed by atoms with E-state index in [4.69, 9.17) is 5.73 Å². The maximum atomic E-state index is 11.3. The number of aromatic nitrogens is 1. The Morgan fingerprint density at radius 2 is 1.93 bits per heavy atom. The summed E-state index contributed by atoms with van der Waals surface area (Å²) >= 11 is 0. The Bertz CT molecular complexity index is 347. The van der Waals surface area contributed by atoms with Gasteiger partial charge in [-0.15, -0.1) is 0 Å². The van der Waals surface area contributed by atoms with Crippen LogP contribution in [-0.2, 0) is 19.3 Å². The summed E-state index contributed by atoms with van der Waals surface area (Å²) in [4.78, 5) is 15.8. The zero-order valence-electron chi connectivity index (χ0n) is 9.63. The van der Waals surface area contributed by atoms with E-state index in [9.17, 15) is 4.79 Å². The van der Waals surface area contributed by atoms with Crippen LogP contribution in [0.25, 0.3) is 0 Å². The summed E-state index contributed by atoms with van der Waals surface area (Å²) in [6, 6.07) is 1.99. The van der Waals surface area contributed by atoms with Gasteiger partial charge in [0.15, 0.2) is 0 Å². The molecule has 1 aromatic heterocycles. The number of nitrogens with zero attached hydrogens (tertiary/aromatic N) is 1. The molecule has 0 aliphatic carbocycles. The van der Waals surface area contributed by atoms with Gasteiger partial charge in [0.25, 0.3) is 5.91 Å². The molecule has 0 atom stereocenters. The summed E-state index contributed by atoms with van der Waals surface area (Å²) in [7, 11) is 0. The van der Waals surface area contributed by atoms with Gasteiger partial charge in [-0.3, -0.25) is 9.78 Å². The SMILES string of the molecule is CCc1cc(CC)c(C(N)=O)c(CC)n1. The van der Waals surface area contributed by atoms with Crippen molar-refractivity contribution in [1.82, 2.24) is 4.98 Å². The van der Waals surface area contributed by atoms with Crippen molar-refractivity contribution in [2.75, 3.05) is 0 Å². The smallest absolute Gasteiger partial charge is 0.250 e. The Morgan fingerprint density at radius 1 is 1.27 bits per heavy atom. The van der Waals surface area contributed by atoms with E-state index >= 15 is 0 Å². The third-order valence-corrected chi connectivity index (χ3v) is 2.55. The number of carbonyl (C=O) groups excluding carboxylic acids is 1. The van der Waals surface area contributed by atoms with Crippen LogP contribution in [0.2, 0.25) is 0 Å². The third-order valence-electron chi connectivity index (χ3n) is 2.55. The van der Waals surface area contributed by atoms with Crippen molar-refractivity contribution in [3.05, 3.63) is 28.6 Å². The lowest BCUT2D eigenvalue weighted by Crippen LogP contribution is -2.18. The number of amides is 1. The number of aryl methyl sites for hydroxylation is 3. The monoisotopic (exact) mass is 206 g/mol. The molecule has 0 saturated heterocycles. The minimum Gasteiger partial charge on any atom is -0.366 e. The van der Waals surface area contributed by atoms with Crippen molar-refractivity contribution in [1.29, 1.82) is 0 Å². The zero-order chi connectivity index (χ0) is 11.4. The Balaban J connectivity index is 3.39. The highest BCUT2D eigenvalue weighted by Gasteiger charge is 2.14. The van der Waals surface area contributed by atoms with Gasteiger partial charge in [0.05, 0.1) is 11.3 Å². The van der Waals surface area contributed by atoms with Crippen molar-refractivity contribution in [2.45, 2.75) is 40.0 Å². The molecule has 3 heteroatoms. The number of carbonyl (C=O) groups is 1. The van der Waals surface area contributed by atoms with E-state index in [-0.39, 0.29) is 5.91 Å². The van der Waals surface area contributed by atoms with Crippen molar-refractivity contribution in [2.24, 2.45) is 5.73 Å². The molecule has 1 amide bonds. The summed E-state index contributed by atoms with van der Waals surface area (Å²) in [5.41, 5.74) is 8.89. The fraction of sp³-hybridized carbons (Fsp3) is 0.500. The summed E-state index contributed by atoms with van der Waals surface area (Å²) < 4.78 is 0. The number of nitrogens with two attached hydrogens (primary N) is 1. The van der Waals surface area contributed by atoms with Gasteiger partial charge in [0, 0.05) is 5.69 Å². The number of hydrogen-bond donors (Lipinski definition) is 1. The maximum absolute atomic E-state index is 11.3. The summed E-state index contributed by atoms with van der Waals surface area (Å²) in [6.07, 6.45) is 2.46. The van der Waals surface area contributed by atoms with Gasteiger partial charge in [-0.1, -0.05) is 20.8 Å². The molecule has 1 heterocycles. The second kappa shape index (κ2) is 4.91. The quantitative estimate of drug-likeness (QED) is 0.817. The minimum atomic E-state index is -0.362. The maximum Gasteiger partial charge on any atom is 0.250 e. The Labute approximate surface area is 90.7 Å². The van der Waals surface area contributed by atoms with E-state index in [1.807, 2.05) is 19.9 Å². The number of rotatable bonds is 4. The summed E-state index contributed by atoms with van der Waals surface area (Å²) in [5.74, 6) is -0.362. The second-order valence-electron chi connectivity index (χ2n) is 3.52. The molecule has 15 heavy (non-hydrogen) atoms. The Kier molecular flexibility index (Phi) is 3.83. The molecule has 82 valence electrons. The number of pyridine rings is 1. The molecule has 0 radical (unpaired) electrons. The van der Waals surface area contributed by atoms with Crippen LogP contribution >= 0.6 is 0 Å². The lowest BCUT2D eigenvalue weighted by Gasteiger charge is -2.11. The molecule has 2 N–H and O–H groups in total. The summed E-state index contributed by atoms with van der Waals surface area (Å²) in [5, 5.41) is 0.